The van der Waals surface area contributed by atoms with Gasteiger partial charge in [-0.25, -0.2) is 9.59 Å². The Hall–Kier alpha value is -1.63. The van der Waals surface area contributed by atoms with Gasteiger partial charge in [0.2, 0.25) is 0 Å². The van der Waals surface area contributed by atoms with E-state index in [9.17, 15) is 14.7 Å². The van der Waals surface area contributed by atoms with Crippen molar-refractivity contribution in [2.45, 2.75) is 39.5 Å². The Labute approximate surface area is 104 Å². The predicted octanol–water partition coefficient (Wildman–Crippen LogP) is 0.247. The van der Waals surface area contributed by atoms with E-state index in [1.54, 1.807) is 6.92 Å². The molecule has 7 heteroatoms. The van der Waals surface area contributed by atoms with Crippen molar-refractivity contribution in [2.75, 3.05) is 6.61 Å². The summed E-state index contributed by atoms with van der Waals surface area (Å²) in [5.74, 6) is -0.679. The summed E-state index contributed by atoms with van der Waals surface area (Å²) in [6, 6.07) is -0.916. The van der Waals surface area contributed by atoms with Gasteiger partial charge in [0.25, 0.3) is 0 Å². The SMILES string of the molecule is CC[C@@H](C)[C@@H](C(=O)O)n1nc2n(c1=O)CCOC2. The van der Waals surface area contributed by atoms with Gasteiger partial charge in [-0.2, -0.15) is 9.78 Å². The van der Waals surface area contributed by atoms with Crippen molar-refractivity contribution in [3.8, 4) is 0 Å². The van der Waals surface area contributed by atoms with Crippen LogP contribution in [0.4, 0.5) is 0 Å². The fraction of sp³-hybridized carbons (Fsp3) is 0.727. The zero-order valence-corrected chi connectivity index (χ0v) is 10.5. The van der Waals surface area contributed by atoms with E-state index in [4.69, 9.17) is 4.74 Å². The highest BCUT2D eigenvalue weighted by atomic mass is 16.5. The molecule has 0 saturated carbocycles. The Bertz CT molecular complexity index is 505. The van der Waals surface area contributed by atoms with Crippen LogP contribution in [0, 0.1) is 5.92 Å². The van der Waals surface area contributed by atoms with Crippen LogP contribution in [-0.4, -0.2) is 32.0 Å². The molecule has 2 heterocycles. The maximum Gasteiger partial charge on any atom is 0.346 e. The van der Waals surface area contributed by atoms with Crippen LogP contribution in [0.25, 0.3) is 0 Å². The van der Waals surface area contributed by atoms with Crippen LogP contribution in [0.1, 0.15) is 32.1 Å². The van der Waals surface area contributed by atoms with Crippen molar-refractivity contribution in [3.05, 3.63) is 16.3 Å². The Balaban J connectivity index is 2.45. The van der Waals surface area contributed by atoms with Crippen LogP contribution in [0.15, 0.2) is 4.79 Å². The fourth-order valence-corrected chi connectivity index (χ4v) is 2.10. The van der Waals surface area contributed by atoms with Crippen LogP contribution in [0.3, 0.4) is 0 Å². The van der Waals surface area contributed by atoms with Crippen LogP contribution in [0.5, 0.6) is 0 Å². The fourth-order valence-electron chi connectivity index (χ4n) is 2.10. The van der Waals surface area contributed by atoms with Crippen LogP contribution in [-0.2, 0) is 22.7 Å². The minimum Gasteiger partial charge on any atom is -0.480 e. The van der Waals surface area contributed by atoms with Gasteiger partial charge in [-0.3, -0.25) is 4.57 Å². The van der Waals surface area contributed by atoms with Crippen molar-refractivity contribution < 1.29 is 14.6 Å². The van der Waals surface area contributed by atoms with Crippen molar-refractivity contribution in [2.24, 2.45) is 5.92 Å². The second-order valence-corrected chi connectivity index (χ2v) is 4.52. The zero-order valence-electron chi connectivity index (χ0n) is 10.5. The lowest BCUT2D eigenvalue weighted by molar-refractivity contribution is -0.143. The summed E-state index contributed by atoms with van der Waals surface area (Å²) >= 11 is 0. The number of ether oxygens (including phenoxy) is 1. The first kappa shape index (κ1) is 12.8. The van der Waals surface area contributed by atoms with E-state index in [2.05, 4.69) is 5.10 Å². The molecule has 0 saturated heterocycles. The molecule has 0 radical (unpaired) electrons. The highest BCUT2D eigenvalue weighted by Crippen LogP contribution is 2.19. The molecule has 7 nitrogen and oxygen atoms in total. The normalized spacial score (nSPS) is 18.1. The lowest BCUT2D eigenvalue weighted by Gasteiger charge is -2.17. The third-order valence-corrected chi connectivity index (χ3v) is 3.35. The molecular formula is C11H17N3O4. The first-order valence-corrected chi connectivity index (χ1v) is 6.05. The molecule has 0 fully saturated rings. The van der Waals surface area contributed by atoms with Crippen molar-refractivity contribution in [1.82, 2.24) is 14.3 Å². The molecular weight excluding hydrogens is 238 g/mol. The average Bonchev–Trinajstić information content (AvgIpc) is 2.67. The number of hydrogen-bond donors (Lipinski definition) is 1. The number of carboxylic acids is 1. The van der Waals surface area contributed by atoms with E-state index in [0.717, 1.165) is 4.68 Å². The Morgan fingerprint density at radius 2 is 2.33 bits per heavy atom. The predicted molar refractivity (Wildman–Crippen MR) is 62.3 cm³/mol. The standard InChI is InChI=1S/C11H17N3O4/c1-3-7(2)9(10(15)16)14-11(17)13-4-5-18-6-8(13)12-14/h7,9H,3-6H2,1-2H3,(H,15,16)/t7-,9+/m1/s1. The maximum atomic E-state index is 12.1. The van der Waals surface area contributed by atoms with Gasteiger partial charge in [-0.15, -0.1) is 0 Å². The molecule has 1 aliphatic rings. The van der Waals surface area contributed by atoms with Crippen LogP contribution >= 0.6 is 0 Å². The second kappa shape index (κ2) is 4.93. The first-order valence-electron chi connectivity index (χ1n) is 6.05. The number of aliphatic carboxylic acids is 1. The highest BCUT2D eigenvalue weighted by Gasteiger charge is 2.30. The first-order chi connectivity index (χ1) is 8.56. The van der Waals surface area contributed by atoms with Gasteiger partial charge in [0, 0.05) is 0 Å². The maximum absolute atomic E-state index is 12.1. The number of hydrogen-bond acceptors (Lipinski definition) is 4. The summed E-state index contributed by atoms with van der Waals surface area (Å²) in [6.45, 7) is 4.85. The molecule has 2 atom stereocenters. The minimum absolute atomic E-state index is 0.155. The van der Waals surface area contributed by atoms with Crippen LogP contribution in [0.2, 0.25) is 0 Å². The smallest absolute Gasteiger partial charge is 0.346 e. The van der Waals surface area contributed by atoms with E-state index < -0.39 is 12.0 Å². The number of rotatable bonds is 4. The van der Waals surface area contributed by atoms with Crippen molar-refractivity contribution in [1.29, 1.82) is 0 Å². The van der Waals surface area contributed by atoms with E-state index in [1.807, 2.05) is 6.92 Å². The molecule has 100 valence electrons. The molecule has 0 aliphatic carbocycles. The van der Waals surface area contributed by atoms with Gasteiger partial charge in [0.05, 0.1) is 13.2 Å². The molecule has 0 aromatic carbocycles. The number of aromatic nitrogens is 3. The molecule has 1 aliphatic heterocycles. The Kier molecular flexibility index (Phi) is 3.51. The number of carboxylic acid groups (broad SMARTS) is 1. The summed E-state index contributed by atoms with van der Waals surface area (Å²) in [4.78, 5) is 23.4. The van der Waals surface area contributed by atoms with Gasteiger partial charge in [0.15, 0.2) is 11.9 Å². The molecule has 0 unspecified atom stereocenters. The number of fused-ring (bicyclic) bond motifs is 1. The zero-order chi connectivity index (χ0) is 13.3. The summed E-state index contributed by atoms with van der Waals surface area (Å²) in [6.07, 6.45) is 0.669. The summed E-state index contributed by atoms with van der Waals surface area (Å²) in [5.41, 5.74) is -0.360. The quantitative estimate of drug-likeness (QED) is 0.833. The third-order valence-electron chi connectivity index (χ3n) is 3.35. The second-order valence-electron chi connectivity index (χ2n) is 4.52. The lowest BCUT2D eigenvalue weighted by atomic mass is 10.00. The van der Waals surface area contributed by atoms with Gasteiger partial charge in [-0.05, 0) is 5.92 Å². The van der Waals surface area contributed by atoms with Crippen molar-refractivity contribution in [3.63, 3.8) is 0 Å². The Morgan fingerprint density at radius 3 is 2.89 bits per heavy atom. The molecule has 18 heavy (non-hydrogen) atoms. The topological polar surface area (TPSA) is 86.4 Å². The molecule has 0 amide bonds. The largest absolute Gasteiger partial charge is 0.480 e. The van der Waals surface area contributed by atoms with Gasteiger partial charge >= 0.3 is 11.7 Å². The summed E-state index contributed by atoms with van der Waals surface area (Å²) in [5, 5.41) is 13.4. The lowest BCUT2D eigenvalue weighted by Crippen LogP contribution is -2.36. The summed E-state index contributed by atoms with van der Waals surface area (Å²) < 4.78 is 7.78. The molecule has 1 aromatic rings. The molecule has 2 rings (SSSR count). The monoisotopic (exact) mass is 255 g/mol. The van der Waals surface area contributed by atoms with E-state index >= 15 is 0 Å². The molecule has 0 spiro atoms. The highest BCUT2D eigenvalue weighted by molar-refractivity contribution is 5.72. The van der Waals surface area contributed by atoms with E-state index in [0.29, 0.717) is 25.4 Å². The average molecular weight is 255 g/mol. The van der Waals surface area contributed by atoms with Gasteiger partial charge < -0.3 is 9.84 Å². The van der Waals surface area contributed by atoms with Gasteiger partial charge in [0.1, 0.15) is 6.61 Å². The van der Waals surface area contributed by atoms with E-state index in [-0.39, 0.29) is 18.2 Å². The van der Waals surface area contributed by atoms with Gasteiger partial charge in [-0.1, -0.05) is 20.3 Å². The number of carbonyl (C=O) groups is 1. The minimum atomic E-state index is -1.03. The molecule has 1 aromatic heterocycles. The summed E-state index contributed by atoms with van der Waals surface area (Å²) in [7, 11) is 0. The number of nitrogens with zero attached hydrogens (tertiary/aromatic N) is 3. The molecule has 1 N–H and O–H groups in total. The molecule has 0 bridgehead atoms. The third kappa shape index (κ3) is 2.05. The van der Waals surface area contributed by atoms with Crippen LogP contribution < -0.4 is 5.69 Å². The van der Waals surface area contributed by atoms with Crippen molar-refractivity contribution >= 4 is 5.97 Å². The Morgan fingerprint density at radius 1 is 1.61 bits per heavy atom. The van der Waals surface area contributed by atoms with E-state index in [1.165, 1.54) is 4.57 Å².